The quantitative estimate of drug-likeness (QED) is 0.554. The highest BCUT2D eigenvalue weighted by Gasteiger charge is 2.23. The monoisotopic (exact) mass is 432 g/mol. The molecule has 0 fully saturated rings. The fraction of sp³-hybridized carbons (Fsp3) is 0.522. The molecule has 0 aliphatic heterocycles. The lowest BCUT2D eigenvalue weighted by molar-refractivity contribution is -0.134. The molecule has 0 saturated carbocycles. The molecule has 1 aromatic heterocycles. The van der Waals surface area contributed by atoms with Gasteiger partial charge in [0.05, 0.1) is 22.9 Å². The number of unbranched alkanes of at least 4 members (excludes halogenated alkanes) is 2. The normalized spacial score (nSPS) is 11.4. The van der Waals surface area contributed by atoms with E-state index in [4.69, 9.17) is 11.6 Å². The maximum absolute atomic E-state index is 12.8. The summed E-state index contributed by atoms with van der Waals surface area (Å²) < 4.78 is 1.65. The molecule has 0 unspecified atom stereocenters. The van der Waals surface area contributed by atoms with Crippen LogP contribution in [0.5, 0.6) is 0 Å². The first-order valence-corrected chi connectivity index (χ1v) is 11.0. The molecule has 2 amide bonds. The van der Waals surface area contributed by atoms with Gasteiger partial charge in [0.2, 0.25) is 11.8 Å². The van der Waals surface area contributed by atoms with Gasteiger partial charge in [-0.25, -0.2) is 4.68 Å². The third kappa shape index (κ3) is 6.33. The van der Waals surface area contributed by atoms with Gasteiger partial charge in [-0.05, 0) is 25.5 Å². The van der Waals surface area contributed by atoms with E-state index < -0.39 is 0 Å². The molecule has 0 aliphatic carbocycles. The van der Waals surface area contributed by atoms with Gasteiger partial charge in [-0.3, -0.25) is 9.59 Å². The Morgan fingerprint density at radius 2 is 1.87 bits per heavy atom. The largest absolute Gasteiger partial charge is 0.334 e. The van der Waals surface area contributed by atoms with Crippen molar-refractivity contribution in [3.63, 3.8) is 0 Å². The summed E-state index contributed by atoms with van der Waals surface area (Å²) in [5, 5.41) is 8.15. The third-order valence-corrected chi connectivity index (χ3v) is 5.21. The number of nitrogens with zero attached hydrogens (tertiary/aromatic N) is 3. The number of amides is 2. The number of aromatic nitrogens is 2. The first-order valence-electron chi connectivity index (χ1n) is 10.6. The topological polar surface area (TPSA) is 67.2 Å². The van der Waals surface area contributed by atoms with Crippen LogP contribution in [0.3, 0.4) is 0 Å². The van der Waals surface area contributed by atoms with Gasteiger partial charge in [0.15, 0.2) is 0 Å². The molecule has 6 nitrogen and oxygen atoms in total. The van der Waals surface area contributed by atoms with Crippen molar-refractivity contribution in [2.75, 3.05) is 18.4 Å². The number of carbonyl (C=O) groups is 2. The number of halogens is 1. The number of likely N-dealkylation sites (N-methyl/N-ethyl adjacent to an activating group) is 1. The first-order chi connectivity index (χ1) is 14.2. The van der Waals surface area contributed by atoms with Crippen LogP contribution >= 0.6 is 11.6 Å². The van der Waals surface area contributed by atoms with Crippen LogP contribution in [-0.2, 0) is 15.0 Å². The van der Waals surface area contributed by atoms with Crippen LogP contribution in [0.4, 0.5) is 5.82 Å². The lowest BCUT2D eigenvalue weighted by Crippen LogP contribution is -2.38. The minimum absolute atomic E-state index is 0.0103. The van der Waals surface area contributed by atoms with E-state index in [1.165, 1.54) is 0 Å². The summed E-state index contributed by atoms with van der Waals surface area (Å²) in [6.45, 7) is 10.7. The number of anilines is 1. The average molecular weight is 433 g/mol. The SMILES string of the molecule is CCCCCC(=O)N(CC)CC(=O)Nc1cc(C(C)(C)C)nn1-c1ccccc1Cl. The Hall–Kier alpha value is -2.34. The van der Waals surface area contributed by atoms with Gasteiger partial charge < -0.3 is 10.2 Å². The van der Waals surface area contributed by atoms with E-state index in [0.717, 1.165) is 25.0 Å². The van der Waals surface area contributed by atoms with Crippen molar-refractivity contribution in [2.45, 2.75) is 65.7 Å². The summed E-state index contributed by atoms with van der Waals surface area (Å²) >= 11 is 6.37. The molecule has 0 spiro atoms. The molecule has 0 saturated heterocycles. The van der Waals surface area contributed by atoms with Gasteiger partial charge in [-0.1, -0.05) is 64.3 Å². The summed E-state index contributed by atoms with van der Waals surface area (Å²) in [7, 11) is 0. The number of hydrogen-bond donors (Lipinski definition) is 1. The Morgan fingerprint density at radius 3 is 2.47 bits per heavy atom. The Kier molecular flexibility index (Phi) is 8.47. The maximum Gasteiger partial charge on any atom is 0.245 e. The predicted molar refractivity (Wildman–Crippen MR) is 122 cm³/mol. The average Bonchev–Trinajstić information content (AvgIpc) is 3.10. The number of benzene rings is 1. The van der Waals surface area contributed by atoms with Gasteiger partial charge >= 0.3 is 0 Å². The van der Waals surface area contributed by atoms with Crippen LogP contribution in [0, 0.1) is 0 Å². The summed E-state index contributed by atoms with van der Waals surface area (Å²) in [6, 6.07) is 9.23. The number of carbonyl (C=O) groups excluding carboxylic acids is 2. The second-order valence-corrected chi connectivity index (χ2v) is 8.85. The van der Waals surface area contributed by atoms with Crippen LogP contribution < -0.4 is 5.32 Å². The fourth-order valence-corrected chi connectivity index (χ4v) is 3.28. The first kappa shape index (κ1) is 23.9. The number of para-hydroxylation sites is 1. The number of rotatable bonds is 9. The van der Waals surface area contributed by atoms with Crippen molar-refractivity contribution in [3.8, 4) is 5.69 Å². The van der Waals surface area contributed by atoms with Crippen molar-refractivity contribution in [1.82, 2.24) is 14.7 Å². The molecule has 0 bridgehead atoms. The lowest BCUT2D eigenvalue weighted by atomic mass is 9.92. The highest BCUT2D eigenvalue weighted by atomic mass is 35.5. The summed E-state index contributed by atoms with van der Waals surface area (Å²) in [4.78, 5) is 26.8. The van der Waals surface area contributed by atoms with Crippen molar-refractivity contribution < 1.29 is 9.59 Å². The van der Waals surface area contributed by atoms with E-state index in [2.05, 4.69) is 38.1 Å². The summed E-state index contributed by atoms with van der Waals surface area (Å²) in [5.41, 5.74) is 1.32. The highest BCUT2D eigenvalue weighted by Crippen LogP contribution is 2.29. The third-order valence-electron chi connectivity index (χ3n) is 4.89. The second kappa shape index (κ2) is 10.6. The molecule has 1 N–H and O–H groups in total. The van der Waals surface area contributed by atoms with E-state index in [0.29, 0.717) is 29.5 Å². The molecule has 164 valence electrons. The molecular weight excluding hydrogens is 400 g/mol. The molecule has 2 rings (SSSR count). The summed E-state index contributed by atoms with van der Waals surface area (Å²) in [5.74, 6) is 0.290. The Morgan fingerprint density at radius 1 is 1.17 bits per heavy atom. The van der Waals surface area contributed by atoms with Gasteiger partial charge in [-0.2, -0.15) is 5.10 Å². The standard InChI is InChI=1S/C23H33ClN4O2/c1-6-8-9-14-22(30)27(7-2)16-21(29)25-20-15-19(23(3,4)5)26-28(20)18-13-11-10-12-17(18)24/h10-13,15H,6-9,14,16H2,1-5H3,(H,25,29). The van der Waals surface area contributed by atoms with Crippen molar-refractivity contribution >= 4 is 29.2 Å². The van der Waals surface area contributed by atoms with Crippen molar-refractivity contribution in [1.29, 1.82) is 0 Å². The molecule has 0 radical (unpaired) electrons. The molecule has 0 atom stereocenters. The van der Waals surface area contributed by atoms with E-state index in [1.54, 1.807) is 15.6 Å². The number of nitrogens with one attached hydrogen (secondary N) is 1. The smallest absolute Gasteiger partial charge is 0.245 e. The summed E-state index contributed by atoms with van der Waals surface area (Å²) in [6.07, 6.45) is 3.40. The maximum atomic E-state index is 12.8. The zero-order chi connectivity index (χ0) is 22.3. The highest BCUT2D eigenvalue weighted by molar-refractivity contribution is 6.32. The minimum Gasteiger partial charge on any atom is -0.334 e. The van der Waals surface area contributed by atoms with E-state index in [1.807, 2.05) is 31.2 Å². The second-order valence-electron chi connectivity index (χ2n) is 8.44. The van der Waals surface area contributed by atoms with Crippen molar-refractivity contribution in [2.24, 2.45) is 0 Å². The Labute approximate surface area is 184 Å². The van der Waals surface area contributed by atoms with Gasteiger partial charge in [0.25, 0.3) is 0 Å². The van der Waals surface area contributed by atoms with Crippen molar-refractivity contribution in [3.05, 3.63) is 41.0 Å². The van der Waals surface area contributed by atoms with Gasteiger partial charge in [0.1, 0.15) is 5.82 Å². The fourth-order valence-electron chi connectivity index (χ4n) is 3.06. The Balaban J connectivity index is 2.22. The van der Waals surface area contributed by atoms with Crippen LogP contribution in [0.25, 0.3) is 5.69 Å². The molecule has 1 heterocycles. The number of hydrogen-bond acceptors (Lipinski definition) is 3. The van der Waals surface area contributed by atoms with Crippen LogP contribution in [-0.4, -0.2) is 39.6 Å². The Bertz CT molecular complexity index is 870. The van der Waals surface area contributed by atoms with Crippen LogP contribution in [0.15, 0.2) is 30.3 Å². The molecular formula is C23H33ClN4O2. The molecule has 0 aliphatic rings. The van der Waals surface area contributed by atoms with E-state index in [-0.39, 0.29) is 23.8 Å². The van der Waals surface area contributed by atoms with Gasteiger partial charge in [-0.15, -0.1) is 0 Å². The molecule has 2 aromatic rings. The predicted octanol–water partition coefficient (Wildman–Crippen LogP) is 5.19. The minimum atomic E-state index is -0.255. The van der Waals surface area contributed by atoms with Gasteiger partial charge in [0, 0.05) is 24.4 Å². The van der Waals surface area contributed by atoms with E-state index >= 15 is 0 Å². The zero-order valence-corrected chi connectivity index (χ0v) is 19.4. The van der Waals surface area contributed by atoms with Crippen LogP contribution in [0.2, 0.25) is 5.02 Å². The molecule has 1 aromatic carbocycles. The molecule has 7 heteroatoms. The zero-order valence-electron chi connectivity index (χ0n) is 18.7. The molecule has 30 heavy (non-hydrogen) atoms. The van der Waals surface area contributed by atoms with E-state index in [9.17, 15) is 9.59 Å². The van der Waals surface area contributed by atoms with Crippen LogP contribution in [0.1, 0.15) is 66.0 Å². The lowest BCUT2D eigenvalue weighted by Gasteiger charge is -2.20.